The molecule has 1 saturated heterocycles. The van der Waals surface area contributed by atoms with Crippen molar-refractivity contribution in [3.63, 3.8) is 0 Å². The summed E-state index contributed by atoms with van der Waals surface area (Å²) in [6.45, 7) is 2.64. The van der Waals surface area contributed by atoms with Crippen LogP contribution in [0.2, 0.25) is 0 Å². The molecule has 2 aliphatic rings. The average Bonchev–Trinajstić information content (AvgIpc) is 2.96. The van der Waals surface area contributed by atoms with Crippen LogP contribution in [-0.2, 0) is 6.54 Å². The van der Waals surface area contributed by atoms with Crippen molar-refractivity contribution >= 4 is 11.9 Å². The monoisotopic (exact) mass is 439 g/mol. The van der Waals surface area contributed by atoms with Crippen LogP contribution in [0, 0.1) is 0 Å². The van der Waals surface area contributed by atoms with Crippen molar-refractivity contribution in [2.45, 2.75) is 32.2 Å². The van der Waals surface area contributed by atoms with E-state index in [-0.39, 0.29) is 17.3 Å². The van der Waals surface area contributed by atoms with Crippen LogP contribution in [0.15, 0.2) is 30.0 Å². The molecule has 2 aromatic carbocycles. The number of ether oxygens (including phenoxy) is 4. The van der Waals surface area contributed by atoms with Crippen LogP contribution in [0.5, 0.6) is 28.7 Å². The molecule has 4 rings (SSSR count). The molecule has 0 atom stereocenters. The Hall–Kier alpha value is -3.19. The maximum absolute atomic E-state index is 13.1. The predicted octanol–water partition coefficient (Wildman–Crippen LogP) is 2.36. The van der Waals surface area contributed by atoms with Crippen molar-refractivity contribution in [2.75, 3.05) is 34.4 Å². The molecule has 1 fully saturated rings. The number of benzene rings is 2. The third kappa shape index (κ3) is 4.25. The van der Waals surface area contributed by atoms with Gasteiger partial charge in [0.15, 0.2) is 17.3 Å². The fraction of sp³-hybridized carbons (Fsp3) is 0.400. The highest BCUT2D eigenvalue weighted by Gasteiger charge is 2.31. The molecule has 2 aromatic rings. The van der Waals surface area contributed by atoms with Gasteiger partial charge in [-0.25, -0.2) is 0 Å². The lowest BCUT2D eigenvalue weighted by atomic mass is 10.0. The van der Waals surface area contributed by atoms with E-state index in [0.29, 0.717) is 46.2 Å². The molecule has 170 valence electrons. The van der Waals surface area contributed by atoms with Crippen LogP contribution in [0.4, 0.5) is 0 Å². The van der Waals surface area contributed by atoms with E-state index < -0.39 is 0 Å². The van der Waals surface area contributed by atoms with E-state index in [1.54, 1.807) is 24.3 Å². The number of allylic oxidation sites excluding steroid dienone is 1. The Balaban J connectivity index is 1.67. The van der Waals surface area contributed by atoms with Gasteiger partial charge in [-0.2, -0.15) is 0 Å². The number of fused-ring (bicyclic) bond motifs is 1. The third-order valence-electron chi connectivity index (χ3n) is 6.12. The Morgan fingerprint density at radius 2 is 1.66 bits per heavy atom. The Kier molecular flexibility index (Phi) is 6.55. The van der Waals surface area contributed by atoms with E-state index in [0.717, 1.165) is 25.9 Å². The number of carbonyl (C=O) groups is 1. The summed E-state index contributed by atoms with van der Waals surface area (Å²) in [5, 5.41) is 12.7. The lowest BCUT2D eigenvalue weighted by Gasteiger charge is -2.22. The number of Topliss-reactive ketones (excluding diaryl/α,β-unsaturated/α-hetero) is 1. The number of likely N-dealkylation sites (tertiary alicyclic amines) is 1. The maximum atomic E-state index is 13.1. The van der Waals surface area contributed by atoms with Crippen LogP contribution < -0.4 is 29.0 Å². The van der Waals surface area contributed by atoms with Gasteiger partial charge in [0, 0.05) is 5.56 Å². The topological polar surface area (TPSA) is 81.5 Å². The second-order valence-corrected chi connectivity index (χ2v) is 8.16. The molecular weight excluding hydrogens is 410 g/mol. The predicted molar refractivity (Wildman–Crippen MR) is 118 cm³/mol. The fourth-order valence-corrected chi connectivity index (χ4v) is 4.45. The van der Waals surface area contributed by atoms with Crippen LogP contribution >= 0.6 is 0 Å². The molecule has 1 N–H and O–H groups in total. The smallest absolute Gasteiger partial charge is 0.231 e. The zero-order valence-corrected chi connectivity index (χ0v) is 18.8. The second kappa shape index (κ2) is 9.53. The summed E-state index contributed by atoms with van der Waals surface area (Å²) >= 11 is 0. The molecule has 0 amide bonds. The molecule has 2 heterocycles. The number of nitrogens with one attached hydrogen (secondary N) is 1. The Morgan fingerprint density at radius 1 is 1.00 bits per heavy atom. The van der Waals surface area contributed by atoms with Gasteiger partial charge >= 0.3 is 0 Å². The van der Waals surface area contributed by atoms with Crippen LogP contribution in [-0.4, -0.2) is 40.2 Å². The molecule has 7 nitrogen and oxygen atoms in total. The lowest BCUT2D eigenvalue weighted by Crippen LogP contribution is -3.10. The van der Waals surface area contributed by atoms with Crippen LogP contribution in [0.25, 0.3) is 6.08 Å². The minimum Gasteiger partial charge on any atom is -0.872 e. The Labute approximate surface area is 188 Å². The van der Waals surface area contributed by atoms with Gasteiger partial charge in [0.25, 0.3) is 0 Å². The van der Waals surface area contributed by atoms with E-state index >= 15 is 0 Å². The van der Waals surface area contributed by atoms with E-state index in [9.17, 15) is 9.90 Å². The minimum atomic E-state index is -0.235. The molecule has 0 unspecified atom stereocenters. The quantitative estimate of drug-likeness (QED) is 0.696. The molecule has 0 aromatic heterocycles. The normalized spacial score (nSPS) is 17.6. The Bertz CT molecular complexity index is 1010. The van der Waals surface area contributed by atoms with Crippen LogP contribution in [0.3, 0.4) is 0 Å². The molecule has 32 heavy (non-hydrogen) atoms. The molecule has 2 aliphatic heterocycles. The number of hydrogen-bond acceptors (Lipinski definition) is 6. The first-order valence-corrected chi connectivity index (χ1v) is 11.0. The molecule has 0 aliphatic carbocycles. The fourth-order valence-electron chi connectivity index (χ4n) is 4.45. The van der Waals surface area contributed by atoms with Crippen molar-refractivity contribution in [3.05, 3.63) is 46.7 Å². The summed E-state index contributed by atoms with van der Waals surface area (Å²) in [5.41, 5.74) is 1.69. The van der Waals surface area contributed by atoms with Gasteiger partial charge in [-0.05, 0) is 55.5 Å². The largest absolute Gasteiger partial charge is 0.872 e. The summed E-state index contributed by atoms with van der Waals surface area (Å²) in [6, 6.07) is 6.54. The first-order chi connectivity index (χ1) is 15.5. The maximum Gasteiger partial charge on any atom is 0.231 e. The summed E-state index contributed by atoms with van der Waals surface area (Å²) in [7, 11) is 4.61. The number of methoxy groups -OCH3 is 3. The number of quaternary nitrogens is 1. The average molecular weight is 440 g/mol. The second-order valence-electron chi connectivity index (χ2n) is 8.16. The van der Waals surface area contributed by atoms with Gasteiger partial charge in [0.1, 0.15) is 12.3 Å². The summed E-state index contributed by atoms with van der Waals surface area (Å²) < 4.78 is 22.2. The third-order valence-corrected chi connectivity index (χ3v) is 6.12. The van der Waals surface area contributed by atoms with Crippen molar-refractivity contribution in [3.8, 4) is 28.7 Å². The lowest BCUT2D eigenvalue weighted by molar-refractivity contribution is -0.913. The van der Waals surface area contributed by atoms with Gasteiger partial charge in [0.2, 0.25) is 11.5 Å². The SMILES string of the molecule is COc1cc(C=C2Oc3c(ccc([O-])c3C[NH+]3CCCCCC3)C2=O)cc(OC)c1OC. The first kappa shape index (κ1) is 22.0. The van der Waals surface area contributed by atoms with E-state index in [1.165, 1.54) is 45.1 Å². The summed E-state index contributed by atoms with van der Waals surface area (Å²) in [4.78, 5) is 14.4. The molecule has 0 radical (unpaired) electrons. The highest BCUT2D eigenvalue weighted by atomic mass is 16.5. The zero-order valence-electron chi connectivity index (χ0n) is 18.8. The van der Waals surface area contributed by atoms with E-state index in [4.69, 9.17) is 18.9 Å². The van der Waals surface area contributed by atoms with Crippen molar-refractivity contribution < 1.29 is 33.7 Å². The van der Waals surface area contributed by atoms with E-state index in [2.05, 4.69) is 0 Å². The van der Waals surface area contributed by atoms with Crippen molar-refractivity contribution in [1.82, 2.24) is 0 Å². The van der Waals surface area contributed by atoms with Gasteiger partial charge in [-0.3, -0.25) is 4.79 Å². The Morgan fingerprint density at radius 3 is 2.25 bits per heavy atom. The van der Waals surface area contributed by atoms with Gasteiger partial charge in [-0.1, -0.05) is 11.8 Å². The molecule has 7 heteroatoms. The van der Waals surface area contributed by atoms with E-state index in [1.807, 2.05) is 0 Å². The molecule has 0 spiro atoms. The van der Waals surface area contributed by atoms with Gasteiger partial charge in [0.05, 0.1) is 40.0 Å². The molecule has 0 saturated carbocycles. The number of carbonyl (C=O) groups excluding carboxylic acids is 1. The van der Waals surface area contributed by atoms with Crippen LogP contribution in [0.1, 0.15) is 47.2 Å². The number of rotatable bonds is 6. The number of hydrogen-bond donors (Lipinski definition) is 1. The summed E-state index contributed by atoms with van der Waals surface area (Å²) in [6.07, 6.45) is 6.42. The standard InChI is InChI=1S/C25H29NO6/c1-29-21-13-16(14-22(30-2)25(21)31-3)12-20-23(28)17-8-9-19(27)18(24(17)32-20)15-26-10-6-4-5-7-11-26/h8-9,12-14,27H,4-7,10-11,15H2,1-3H3. The highest BCUT2D eigenvalue weighted by Crippen LogP contribution is 2.41. The molecule has 0 bridgehead atoms. The van der Waals surface area contributed by atoms with Gasteiger partial charge in [-0.15, -0.1) is 0 Å². The highest BCUT2D eigenvalue weighted by molar-refractivity contribution is 6.15. The summed E-state index contributed by atoms with van der Waals surface area (Å²) in [5.74, 6) is 1.69. The zero-order chi connectivity index (χ0) is 22.7. The minimum absolute atomic E-state index is 0.0812. The van der Waals surface area contributed by atoms with Crippen molar-refractivity contribution in [1.29, 1.82) is 0 Å². The first-order valence-electron chi connectivity index (χ1n) is 11.0. The van der Waals surface area contributed by atoms with Crippen molar-refractivity contribution in [2.24, 2.45) is 0 Å². The van der Waals surface area contributed by atoms with Gasteiger partial charge < -0.3 is 29.0 Å². The molecular formula is C25H29NO6. The number of ketones is 1.